The number of hydrogen-bond acceptors (Lipinski definition) is 4. The minimum atomic E-state index is -2.06. The van der Waals surface area contributed by atoms with Crippen molar-refractivity contribution in [1.29, 1.82) is 0 Å². The Labute approximate surface area is 141 Å². The van der Waals surface area contributed by atoms with Gasteiger partial charge < -0.3 is 20.8 Å². The van der Waals surface area contributed by atoms with E-state index in [4.69, 9.17) is 5.11 Å². The molecule has 2 unspecified atom stereocenters. The molecular weight excluding hydrogens is 312 g/mol. The van der Waals surface area contributed by atoms with Crippen molar-refractivity contribution in [3.63, 3.8) is 0 Å². The number of aliphatic hydroxyl groups is 1. The highest BCUT2D eigenvalue weighted by atomic mass is 16.4. The quantitative estimate of drug-likeness (QED) is 0.523. The van der Waals surface area contributed by atoms with Gasteiger partial charge in [0.2, 0.25) is 11.8 Å². The fourth-order valence-corrected chi connectivity index (χ4v) is 2.04. The molecule has 1 aromatic rings. The van der Waals surface area contributed by atoms with E-state index in [0.29, 0.717) is 12.8 Å². The Morgan fingerprint density at radius 3 is 2.38 bits per heavy atom. The van der Waals surface area contributed by atoms with Gasteiger partial charge in [-0.3, -0.25) is 9.59 Å². The van der Waals surface area contributed by atoms with Crippen LogP contribution in [-0.2, 0) is 20.8 Å². The van der Waals surface area contributed by atoms with E-state index in [1.807, 2.05) is 37.3 Å². The van der Waals surface area contributed by atoms with Gasteiger partial charge in [-0.05, 0) is 18.9 Å². The van der Waals surface area contributed by atoms with E-state index in [1.165, 1.54) is 0 Å². The number of benzene rings is 1. The van der Waals surface area contributed by atoms with Crippen molar-refractivity contribution in [3.05, 3.63) is 35.9 Å². The first-order chi connectivity index (χ1) is 11.3. The molecule has 0 saturated heterocycles. The van der Waals surface area contributed by atoms with Gasteiger partial charge in [0, 0.05) is 0 Å². The third-order valence-electron chi connectivity index (χ3n) is 3.50. The van der Waals surface area contributed by atoms with E-state index in [9.17, 15) is 19.5 Å². The maximum atomic E-state index is 12.2. The summed E-state index contributed by atoms with van der Waals surface area (Å²) in [5.74, 6) is -2.23. The third kappa shape index (κ3) is 6.37. The Balaban J connectivity index is 2.60. The number of nitrogens with one attached hydrogen (secondary N) is 2. The summed E-state index contributed by atoms with van der Waals surface area (Å²) < 4.78 is 0. The SMILES string of the molecule is CCCC(NC(=O)Cc1ccccc1)C(=O)NCC(C)(O)C(=O)O. The Morgan fingerprint density at radius 2 is 1.83 bits per heavy atom. The van der Waals surface area contributed by atoms with Gasteiger partial charge in [-0.1, -0.05) is 43.7 Å². The molecule has 0 aromatic heterocycles. The van der Waals surface area contributed by atoms with Gasteiger partial charge in [-0.15, -0.1) is 0 Å². The van der Waals surface area contributed by atoms with Crippen molar-refractivity contribution >= 4 is 17.8 Å². The van der Waals surface area contributed by atoms with Crippen LogP contribution in [0.4, 0.5) is 0 Å². The molecule has 0 heterocycles. The molecule has 0 radical (unpaired) electrons. The summed E-state index contributed by atoms with van der Waals surface area (Å²) in [7, 11) is 0. The van der Waals surface area contributed by atoms with E-state index in [1.54, 1.807) is 0 Å². The van der Waals surface area contributed by atoms with Crippen molar-refractivity contribution in [2.45, 2.75) is 44.8 Å². The fourth-order valence-electron chi connectivity index (χ4n) is 2.04. The second-order valence-electron chi connectivity index (χ2n) is 5.87. The van der Waals surface area contributed by atoms with Gasteiger partial charge >= 0.3 is 5.97 Å². The molecule has 0 aliphatic carbocycles. The Kier molecular flexibility index (Phi) is 7.38. The summed E-state index contributed by atoms with van der Waals surface area (Å²) in [4.78, 5) is 35.1. The Morgan fingerprint density at radius 1 is 1.21 bits per heavy atom. The first kappa shape index (κ1) is 19.6. The number of amides is 2. The molecule has 24 heavy (non-hydrogen) atoms. The number of aliphatic carboxylic acids is 1. The zero-order chi connectivity index (χ0) is 18.2. The van der Waals surface area contributed by atoms with Crippen molar-refractivity contribution in [3.8, 4) is 0 Å². The molecule has 1 aromatic carbocycles. The van der Waals surface area contributed by atoms with Gasteiger partial charge in [-0.2, -0.15) is 0 Å². The van der Waals surface area contributed by atoms with Gasteiger partial charge in [-0.25, -0.2) is 4.79 Å². The highest BCUT2D eigenvalue weighted by Crippen LogP contribution is 2.04. The van der Waals surface area contributed by atoms with Crippen LogP contribution in [0.1, 0.15) is 32.3 Å². The van der Waals surface area contributed by atoms with Crippen LogP contribution < -0.4 is 10.6 Å². The van der Waals surface area contributed by atoms with Gasteiger partial charge in [0.1, 0.15) is 6.04 Å². The number of carbonyl (C=O) groups is 3. The summed E-state index contributed by atoms with van der Waals surface area (Å²) in [6, 6.07) is 8.37. The summed E-state index contributed by atoms with van der Waals surface area (Å²) in [5, 5.41) is 23.5. The van der Waals surface area contributed by atoms with E-state index in [-0.39, 0.29) is 12.3 Å². The minimum Gasteiger partial charge on any atom is -0.479 e. The summed E-state index contributed by atoms with van der Waals surface area (Å²) in [6.45, 7) is 2.53. The number of carbonyl (C=O) groups excluding carboxylic acids is 2. The molecule has 7 heteroatoms. The highest BCUT2D eigenvalue weighted by molar-refractivity contribution is 5.89. The second kappa shape index (κ2) is 9.02. The van der Waals surface area contributed by atoms with Crippen LogP contribution in [0.2, 0.25) is 0 Å². The maximum absolute atomic E-state index is 12.2. The zero-order valence-electron chi connectivity index (χ0n) is 13.9. The largest absolute Gasteiger partial charge is 0.479 e. The van der Waals surface area contributed by atoms with Crippen LogP contribution in [-0.4, -0.2) is 46.2 Å². The van der Waals surface area contributed by atoms with Crippen LogP contribution >= 0.6 is 0 Å². The zero-order valence-corrected chi connectivity index (χ0v) is 13.9. The number of carboxylic acid groups (broad SMARTS) is 1. The summed E-state index contributed by atoms with van der Waals surface area (Å²) >= 11 is 0. The Bertz CT molecular complexity index is 572. The van der Waals surface area contributed by atoms with Crippen molar-refractivity contribution in [2.24, 2.45) is 0 Å². The molecule has 132 valence electrons. The van der Waals surface area contributed by atoms with E-state index in [0.717, 1.165) is 12.5 Å². The average Bonchev–Trinajstić information content (AvgIpc) is 2.53. The number of carboxylic acids is 1. The Hall–Kier alpha value is -2.41. The lowest BCUT2D eigenvalue weighted by Gasteiger charge is -2.22. The summed E-state index contributed by atoms with van der Waals surface area (Å²) in [6.07, 6.45) is 1.24. The van der Waals surface area contributed by atoms with Crippen LogP contribution in [0.15, 0.2) is 30.3 Å². The maximum Gasteiger partial charge on any atom is 0.337 e. The van der Waals surface area contributed by atoms with Crippen molar-refractivity contribution < 1.29 is 24.6 Å². The number of rotatable bonds is 9. The van der Waals surface area contributed by atoms with Crippen molar-refractivity contribution in [1.82, 2.24) is 10.6 Å². The smallest absolute Gasteiger partial charge is 0.337 e. The molecule has 2 atom stereocenters. The molecule has 0 aliphatic heterocycles. The standard InChI is InChI=1S/C17H24N2O5/c1-3-7-13(15(21)18-11-17(2,24)16(22)23)19-14(20)10-12-8-5-4-6-9-12/h4-6,8-9,13,24H,3,7,10-11H2,1-2H3,(H,18,21)(H,19,20)(H,22,23). The molecule has 4 N–H and O–H groups in total. The van der Waals surface area contributed by atoms with Crippen LogP contribution in [0.25, 0.3) is 0 Å². The molecule has 0 aliphatic rings. The lowest BCUT2D eigenvalue weighted by molar-refractivity contribution is -0.156. The monoisotopic (exact) mass is 336 g/mol. The molecule has 0 bridgehead atoms. The first-order valence-electron chi connectivity index (χ1n) is 7.83. The van der Waals surface area contributed by atoms with Crippen LogP contribution in [0.5, 0.6) is 0 Å². The van der Waals surface area contributed by atoms with Crippen LogP contribution in [0, 0.1) is 0 Å². The van der Waals surface area contributed by atoms with Gasteiger partial charge in [0.05, 0.1) is 13.0 Å². The highest BCUT2D eigenvalue weighted by Gasteiger charge is 2.31. The average molecular weight is 336 g/mol. The van der Waals surface area contributed by atoms with E-state index in [2.05, 4.69) is 10.6 Å². The molecule has 0 fully saturated rings. The summed E-state index contributed by atoms with van der Waals surface area (Å²) in [5.41, 5.74) is -1.22. The third-order valence-corrected chi connectivity index (χ3v) is 3.50. The van der Waals surface area contributed by atoms with Crippen LogP contribution in [0.3, 0.4) is 0 Å². The molecule has 2 amide bonds. The molecule has 0 spiro atoms. The second-order valence-corrected chi connectivity index (χ2v) is 5.87. The first-order valence-corrected chi connectivity index (χ1v) is 7.83. The molecule has 7 nitrogen and oxygen atoms in total. The van der Waals surface area contributed by atoms with E-state index >= 15 is 0 Å². The number of hydrogen-bond donors (Lipinski definition) is 4. The lowest BCUT2D eigenvalue weighted by atomic mass is 10.1. The topological polar surface area (TPSA) is 116 Å². The lowest BCUT2D eigenvalue weighted by Crippen LogP contribution is -2.52. The normalized spacial score (nSPS) is 14.3. The molecule has 1 rings (SSSR count). The van der Waals surface area contributed by atoms with Gasteiger partial charge in [0.15, 0.2) is 5.60 Å². The van der Waals surface area contributed by atoms with Crippen molar-refractivity contribution in [2.75, 3.05) is 6.54 Å². The van der Waals surface area contributed by atoms with E-state index < -0.39 is 30.1 Å². The minimum absolute atomic E-state index is 0.154. The van der Waals surface area contributed by atoms with Gasteiger partial charge in [0.25, 0.3) is 0 Å². The predicted octanol–water partition coefficient (Wildman–Crippen LogP) is 0.466. The molecule has 0 saturated carbocycles. The predicted molar refractivity (Wildman–Crippen MR) is 88.3 cm³/mol. The molecular formula is C17H24N2O5. The fraction of sp³-hybridized carbons (Fsp3) is 0.471.